The minimum atomic E-state index is -1.01. The van der Waals surface area contributed by atoms with E-state index in [1.165, 1.54) is 6.07 Å². The Morgan fingerprint density at radius 1 is 1.31 bits per heavy atom. The predicted molar refractivity (Wildman–Crippen MR) is 66.6 cm³/mol. The number of halogens is 1. The molecule has 1 amide bonds. The molecule has 1 aromatic carbocycles. The molecule has 16 heavy (non-hydrogen) atoms. The van der Waals surface area contributed by atoms with Gasteiger partial charge in [-0.15, -0.1) is 0 Å². The van der Waals surface area contributed by atoms with Crippen molar-refractivity contribution in [1.82, 2.24) is 5.32 Å². The van der Waals surface area contributed by atoms with Crippen LogP contribution in [0.4, 0.5) is 0 Å². The van der Waals surface area contributed by atoms with Gasteiger partial charge in [0.2, 0.25) is 0 Å². The average molecular weight is 331 g/mol. The molecular formula is C11H10INO3. The van der Waals surface area contributed by atoms with Crippen molar-refractivity contribution >= 4 is 34.5 Å². The third-order valence-corrected chi connectivity index (χ3v) is 3.55. The second kappa shape index (κ2) is 4.40. The summed E-state index contributed by atoms with van der Waals surface area (Å²) in [7, 11) is 0. The highest BCUT2D eigenvalue weighted by molar-refractivity contribution is 14.1. The first-order valence-corrected chi connectivity index (χ1v) is 6.00. The smallest absolute Gasteiger partial charge is 0.336 e. The van der Waals surface area contributed by atoms with Crippen molar-refractivity contribution < 1.29 is 14.7 Å². The first-order chi connectivity index (χ1) is 7.59. The fraction of sp³-hybridized carbons (Fsp3) is 0.273. The lowest BCUT2D eigenvalue weighted by Crippen LogP contribution is -2.26. The normalized spacial score (nSPS) is 14.6. The van der Waals surface area contributed by atoms with Crippen molar-refractivity contribution in [3.05, 3.63) is 32.9 Å². The number of benzene rings is 1. The van der Waals surface area contributed by atoms with Crippen molar-refractivity contribution in [2.24, 2.45) is 0 Å². The van der Waals surface area contributed by atoms with Gasteiger partial charge >= 0.3 is 5.97 Å². The molecule has 0 unspecified atom stereocenters. The quantitative estimate of drug-likeness (QED) is 0.831. The number of carboxylic acids is 1. The molecule has 0 atom stereocenters. The summed E-state index contributed by atoms with van der Waals surface area (Å²) in [5.41, 5.74) is 0.608. The van der Waals surface area contributed by atoms with E-state index in [1.54, 1.807) is 12.1 Å². The van der Waals surface area contributed by atoms with Crippen LogP contribution in [-0.4, -0.2) is 23.0 Å². The number of aromatic carboxylic acids is 1. The van der Waals surface area contributed by atoms with E-state index in [1.807, 2.05) is 22.6 Å². The lowest BCUT2D eigenvalue weighted by atomic mass is 10.1. The number of nitrogens with one attached hydrogen (secondary N) is 1. The summed E-state index contributed by atoms with van der Waals surface area (Å²) in [5.74, 6) is -1.19. The minimum Gasteiger partial charge on any atom is -0.478 e. The number of carbonyl (C=O) groups is 2. The number of rotatable bonds is 3. The molecule has 0 aliphatic heterocycles. The highest BCUT2D eigenvalue weighted by atomic mass is 127. The van der Waals surface area contributed by atoms with Crippen LogP contribution in [0.5, 0.6) is 0 Å². The topological polar surface area (TPSA) is 66.4 Å². The third-order valence-electron chi connectivity index (χ3n) is 2.39. The number of carbonyl (C=O) groups excluding carboxylic acids is 1. The second-order valence-electron chi connectivity index (χ2n) is 3.72. The molecule has 0 bridgehead atoms. The van der Waals surface area contributed by atoms with E-state index in [4.69, 9.17) is 5.11 Å². The molecular weight excluding hydrogens is 321 g/mol. The van der Waals surface area contributed by atoms with E-state index in [9.17, 15) is 9.59 Å². The van der Waals surface area contributed by atoms with Gasteiger partial charge < -0.3 is 10.4 Å². The van der Waals surface area contributed by atoms with E-state index in [0.717, 1.165) is 12.8 Å². The van der Waals surface area contributed by atoms with Crippen LogP contribution in [0.2, 0.25) is 0 Å². The van der Waals surface area contributed by atoms with Gasteiger partial charge in [-0.25, -0.2) is 4.79 Å². The van der Waals surface area contributed by atoms with Crippen LogP contribution in [0.1, 0.15) is 33.6 Å². The predicted octanol–water partition coefficient (Wildman–Crippen LogP) is 1.88. The van der Waals surface area contributed by atoms with Crippen molar-refractivity contribution in [1.29, 1.82) is 0 Å². The van der Waals surface area contributed by atoms with E-state index in [0.29, 0.717) is 9.13 Å². The Hall–Kier alpha value is -1.11. The molecule has 0 saturated heterocycles. The van der Waals surface area contributed by atoms with Crippen molar-refractivity contribution in [3.8, 4) is 0 Å². The summed E-state index contributed by atoms with van der Waals surface area (Å²) in [4.78, 5) is 22.7. The summed E-state index contributed by atoms with van der Waals surface area (Å²) in [6, 6.07) is 5.01. The summed E-state index contributed by atoms with van der Waals surface area (Å²) in [6.45, 7) is 0. The minimum absolute atomic E-state index is 0.170. The van der Waals surface area contributed by atoms with Gasteiger partial charge in [-0.05, 0) is 47.6 Å². The molecule has 0 aromatic heterocycles. The average Bonchev–Trinajstić information content (AvgIpc) is 3.01. The standard InChI is InChI=1S/C11H10INO3/c12-9-7(10(14)13-6-4-5-6)2-1-3-8(9)11(15)16/h1-3,6H,4-5H2,(H,13,14)(H,15,16). The molecule has 1 aromatic rings. The van der Waals surface area contributed by atoms with Crippen LogP contribution in [0.15, 0.2) is 18.2 Å². The van der Waals surface area contributed by atoms with Gasteiger partial charge in [-0.3, -0.25) is 4.79 Å². The lowest BCUT2D eigenvalue weighted by molar-refractivity contribution is 0.0695. The van der Waals surface area contributed by atoms with Gasteiger partial charge in [0.15, 0.2) is 0 Å². The molecule has 1 aliphatic rings. The number of carboxylic acid groups (broad SMARTS) is 1. The van der Waals surface area contributed by atoms with Crippen molar-refractivity contribution in [3.63, 3.8) is 0 Å². The number of amides is 1. The molecule has 1 aliphatic carbocycles. The van der Waals surface area contributed by atoms with E-state index in [2.05, 4.69) is 5.32 Å². The monoisotopic (exact) mass is 331 g/mol. The Balaban J connectivity index is 2.29. The zero-order chi connectivity index (χ0) is 11.7. The van der Waals surface area contributed by atoms with E-state index >= 15 is 0 Å². The summed E-state index contributed by atoms with van der Waals surface area (Å²) in [6.07, 6.45) is 2.03. The molecule has 2 N–H and O–H groups in total. The van der Waals surface area contributed by atoms with Crippen molar-refractivity contribution in [2.45, 2.75) is 18.9 Å². The van der Waals surface area contributed by atoms with Crippen LogP contribution >= 0.6 is 22.6 Å². The second-order valence-corrected chi connectivity index (χ2v) is 4.80. The SMILES string of the molecule is O=C(O)c1cccc(C(=O)NC2CC2)c1I. The maximum Gasteiger partial charge on any atom is 0.336 e. The fourth-order valence-corrected chi connectivity index (χ4v) is 2.20. The van der Waals surface area contributed by atoms with Gasteiger partial charge in [0, 0.05) is 9.61 Å². The first-order valence-electron chi connectivity index (χ1n) is 4.92. The maximum absolute atomic E-state index is 11.8. The Morgan fingerprint density at radius 2 is 1.94 bits per heavy atom. The molecule has 84 valence electrons. The zero-order valence-electron chi connectivity index (χ0n) is 8.37. The van der Waals surface area contributed by atoms with E-state index < -0.39 is 5.97 Å². The highest BCUT2D eigenvalue weighted by Gasteiger charge is 2.25. The molecule has 0 heterocycles. The van der Waals surface area contributed by atoms with Gasteiger partial charge in [0.25, 0.3) is 5.91 Å². The Bertz CT molecular complexity index is 455. The van der Waals surface area contributed by atoms with Crippen LogP contribution in [-0.2, 0) is 0 Å². The maximum atomic E-state index is 11.8. The van der Waals surface area contributed by atoms with Gasteiger partial charge in [0.1, 0.15) is 0 Å². The van der Waals surface area contributed by atoms with Gasteiger partial charge in [-0.2, -0.15) is 0 Å². The lowest BCUT2D eigenvalue weighted by Gasteiger charge is -2.07. The van der Waals surface area contributed by atoms with E-state index in [-0.39, 0.29) is 17.5 Å². The molecule has 1 saturated carbocycles. The first kappa shape index (κ1) is 11.4. The summed E-state index contributed by atoms with van der Waals surface area (Å²) >= 11 is 1.90. The molecule has 2 rings (SSSR count). The third kappa shape index (κ3) is 2.34. The van der Waals surface area contributed by atoms with Crippen LogP contribution in [0, 0.1) is 3.57 Å². The van der Waals surface area contributed by atoms with Crippen LogP contribution in [0.25, 0.3) is 0 Å². The number of hydrogen-bond donors (Lipinski definition) is 2. The largest absolute Gasteiger partial charge is 0.478 e. The molecule has 5 heteroatoms. The summed E-state index contributed by atoms with van der Waals surface area (Å²) in [5, 5.41) is 11.8. The van der Waals surface area contributed by atoms with Gasteiger partial charge in [-0.1, -0.05) is 6.07 Å². The number of hydrogen-bond acceptors (Lipinski definition) is 2. The Kier molecular flexibility index (Phi) is 3.13. The molecule has 4 nitrogen and oxygen atoms in total. The Labute approximate surface area is 106 Å². The highest BCUT2D eigenvalue weighted by Crippen LogP contribution is 2.22. The van der Waals surface area contributed by atoms with Crippen LogP contribution in [0.3, 0.4) is 0 Å². The molecule has 0 spiro atoms. The van der Waals surface area contributed by atoms with Crippen LogP contribution < -0.4 is 5.32 Å². The fourth-order valence-electron chi connectivity index (χ4n) is 1.36. The Morgan fingerprint density at radius 3 is 2.50 bits per heavy atom. The zero-order valence-corrected chi connectivity index (χ0v) is 10.5. The summed E-state index contributed by atoms with van der Waals surface area (Å²) < 4.78 is 0.491. The van der Waals surface area contributed by atoms with Gasteiger partial charge in [0.05, 0.1) is 11.1 Å². The molecule has 1 fully saturated rings. The molecule has 0 radical (unpaired) electrons. The van der Waals surface area contributed by atoms with Crippen molar-refractivity contribution in [2.75, 3.05) is 0 Å².